The molecule has 8 heteroatoms. The Balaban J connectivity index is 0.00000363. The first-order chi connectivity index (χ1) is 15.1. The lowest BCUT2D eigenvalue weighted by atomic mass is 9.97. The average molecular weight is 561 g/mol. The highest BCUT2D eigenvalue weighted by Gasteiger charge is 2.22. The monoisotopic (exact) mass is 560 g/mol. The van der Waals surface area contributed by atoms with Gasteiger partial charge in [0.05, 0.1) is 12.2 Å². The fourth-order valence-electron chi connectivity index (χ4n) is 4.54. The Morgan fingerprint density at radius 2 is 1.75 bits per heavy atom. The average Bonchev–Trinajstić information content (AvgIpc) is 3.09. The SMILES string of the molecule is CCCCN1CCC(NC(=NCC2CCN(Cc3nc(C)c(C)o3)CC2)NCC)CC1.I. The number of aryl methyl sites for hydroxylation is 2. The first kappa shape index (κ1) is 27.4. The molecule has 2 saturated heterocycles. The molecule has 0 amide bonds. The molecule has 0 radical (unpaired) electrons. The van der Waals surface area contributed by atoms with E-state index >= 15 is 0 Å². The van der Waals surface area contributed by atoms with Crippen molar-refractivity contribution in [3.8, 4) is 0 Å². The minimum absolute atomic E-state index is 0. The molecule has 2 aliphatic rings. The molecule has 0 bridgehead atoms. The molecule has 3 rings (SSSR count). The summed E-state index contributed by atoms with van der Waals surface area (Å²) >= 11 is 0. The zero-order valence-corrected chi connectivity index (χ0v) is 23.0. The largest absolute Gasteiger partial charge is 0.444 e. The van der Waals surface area contributed by atoms with E-state index in [0.717, 1.165) is 56.0 Å². The van der Waals surface area contributed by atoms with Crippen molar-refractivity contribution in [3.05, 3.63) is 17.3 Å². The summed E-state index contributed by atoms with van der Waals surface area (Å²) in [4.78, 5) is 14.6. The van der Waals surface area contributed by atoms with E-state index < -0.39 is 0 Å². The van der Waals surface area contributed by atoms with Gasteiger partial charge in [0.1, 0.15) is 5.76 Å². The Labute approximate surface area is 212 Å². The van der Waals surface area contributed by atoms with Crippen molar-refractivity contribution >= 4 is 29.9 Å². The van der Waals surface area contributed by atoms with Gasteiger partial charge in [0.2, 0.25) is 5.89 Å². The van der Waals surface area contributed by atoms with Crippen molar-refractivity contribution in [3.63, 3.8) is 0 Å². The van der Waals surface area contributed by atoms with Crippen LogP contribution in [-0.4, -0.2) is 72.6 Å². The number of halogens is 1. The molecule has 1 aromatic rings. The van der Waals surface area contributed by atoms with Crippen molar-refractivity contribution in [1.82, 2.24) is 25.4 Å². The molecule has 2 fully saturated rings. The van der Waals surface area contributed by atoms with E-state index in [1.54, 1.807) is 0 Å². The molecule has 0 aliphatic carbocycles. The smallest absolute Gasteiger partial charge is 0.208 e. The molecule has 0 aromatic carbocycles. The van der Waals surface area contributed by atoms with Gasteiger partial charge >= 0.3 is 0 Å². The molecule has 32 heavy (non-hydrogen) atoms. The minimum Gasteiger partial charge on any atom is -0.444 e. The number of oxazole rings is 1. The van der Waals surface area contributed by atoms with Crippen LogP contribution in [0.4, 0.5) is 0 Å². The number of rotatable bonds is 9. The Kier molecular flexibility index (Phi) is 12.3. The second kappa shape index (κ2) is 14.4. The summed E-state index contributed by atoms with van der Waals surface area (Å²) in [5, 5.41) is 7.16. The summed E-state index contributed by atoms with van der Waals surface area (Å²) in [7, 11) is 0. The highest BCUT2D eigenvalue weighted by Crippen LogP contribution is 2.20. The van der Waals surface area contributed by atoms with E-state index in [0.29, 0.717) is 12.0 Å². The highest BCUT2D eigenvalue weighted by atomic mass is 127. The molecule has 184 valence electrons. The maximum absolute atomic E-state index is 5.75. The first-order valence-corrected chi connectivity index (χ1v) is 12.5. The van der Waals surface area contributed by atoms with Crippen LogP contribution in [0.15, 0.2) is 9.41 Å². The van der Waals surface area contributed by atoms with Crippen LogP contribution in [0.5, 0.6) is 0 Å². The minimum atomic E-state index is 0. The zero-order valence-electron chi connectivity index (χ0n) is 20.7. The Morgan fingerprint density at radius 3 is 2.34 bits per heavy atom. The molecular formula is C24H45IN6O. The molecule has 0 spiro atoms. The number of guanidine groups is 1. The van der Waals surface area contributed by atoms with Crippen molar-refractivity contribution in [2.45, 2.75) is 78.8 Å². The maximum Gasteiger partial charge on any atom is 0.208 e. The van der Waals surface area contributed by atoms with Crippen molar-refractivity contribution in [2.24, 2.45) is 10.9 Å². The molecule has 2 aliphatic heterocycles. The van der Waals surface area contributed by atoms with Crippen LogP contribution in [0.2, 0.25) is 0 Å². The second-order valence-corrected chi connectivity index (χ2v) is 9.30. The van der Waals surface area contributed by atoms with Gasteiger partial charge in [-0.05, 0) is 78.4 Å². The number of nitrogens with one attached hydrogen (secondary N) is 2. The predicted molar refractivity (Wildman–Crippen MR) is 143 cm³/mol. The quantitative estimate of drug-likeness (QED) is 0.271. The first-order valence-electron chi connectivity index (χ1n) is 12.5. The molecular weight excluding hydrogens is 515 g/mol. The van der Waals surface area contributed by atoms with Crippen LogP contribution in [0.25, 0.3) is 0 Å². The predicted octanol–water partition coefficient (Wildman–Crippen LogP) is 3.94. The number of aromatic nitrogens is 1. The van der Waals surface area contributed by atoms with E-state index in [4.69, 9.17) is 9.41 Å². The number of hydrogen-bond acceptors (Lipinski definition) is 5. The third-order valence-electron chi connectivity index (χ3n) is 6.75. The number of nitrogens with zero attached hydrogens (tertiary/aromatic N) is 4. The number of unbranched alkanes of at least 4 members (excludes halogenated alkanes) is 1. The molecule has 0 saturated carbocycles. The lowest BCUT2D eigenvalue weighted by Gasteiger charge is -2.33. The van der Waals surface area contributed by atoms with Crippen LogP contribution in [0, 0.1) is 19.8 Å². The Bertz CT molecular complexity index is 659. The normalized spacial score (nSPS) is 19.7. The van der Waals surface area contributed by atoms with E-state index in [1.807, 2.05) is 13.8 Å². The fourth-order valence-corrected chi connectivity index (χ4v) is 4.54. The third-order valence-corrected chi connectivity index (χ3v) is 6.75. The van der Waals surface area contributed by atoms with Crippen LogP contribution in [0.3, 0.4) is 0 Å². The highest BCUT2D eigenvalue weighted by molar-refractivity contribution is 14.0. The van der Waals surface area contributed by atoms with Gasteiger partial charge < -0.3 is 20.0 Å². The van der Waals surface area contributed by atoms with Gasteiger partial charge in [0, 0.05) is 32.2 Å². The number of aliphatic imine (C=N–C) groups is 1. The summed E-state index contributed by atoms with van der Waals surface area (Å²) in [6.45, 7) is 16.9. The van der Waals surface area contributed by atoms with Gasteiger partial charge in [-0.2, -0.15) is 0 Å². The Hall–Kier alpha value is -0.870. The van der Waals surface area contributed by atoms with Crippen molar-refractivity contribution in [2.75, 3.05) is 45.8 Å². The lowest BCUT2D eigenvalue weighted by molar-refractivity contribution is 0.166. The van der Waals surface area contributed by atoms with E-state index in [9.17, 15) is 0 Å². The van der Waals surface area contributed by atoms with E-state index in [2.05, 4.69) is 39.3 Å². The molecule has 2 N–H and O–H groups in total. The van der Waals surface area contributed by atoms with Crippen LogP contribution in [0.1, 0.15) is 69.7 Å². The summed E-state index contributed by atoms with van der Waals surface area (Å²) in [6.07, 6.45) is 7.42. The number of likely N-dealkylation sites (tertiary alicyclic amines) is 2. The maximum atomic E-state index is 5.75. The molecule has 7 nitrogen and oxygen atoms in total. The van der Waals surface area contributed by atoms with Gasteiger partial charge in [0.25, 0.3) is 0 Å². The van der Waals surface area contributed by atoms with Crippen molar-refractivity contribution in [1.29, 1.82) is 0 Å². The fraction of sp³-hybridized carbons (Fsp3) is 0.833. The number of piperidine rings is 2. The molecule has 0 unspecified atom stereocenters. The molecule has 3 heterocycles. The standard InChI is InChI=1S/C24H44N6O.HI/c1-5-7-12-29-15-10-22(11-16-29)28-24(25-6-2)26-17-21-8-13-30(14-9-21)18-23-27-19(3)20(4)31-23;/h21-22H,5-18H2,1-4H3,(H2,25,26,28);1H. The Morgan fingerprint density at radius 1 is 1.06 bits per heavy atom. The number of hydrogen-bond donors (Lipinski definition) is 2. The van der Waals surface area contributed by atoms with Gasteiger partial charge in [-0.25, -0.2) is 4.98 Å². The summed E-state index contributed by atoms with van der Waals surface area (Å²) in [5.74, 6) is 3.46. The zero-order chi connectivity index (χ0) is 22.1. The lowest BCUT2D eigenvalue weighted by Crippen LogP contribution is -2.49. The van der Waals surface area contributed by atoms with Gasteiger partial charge in [0.15, 0.2) is 5.96 Å². The summed E-state index contributed by atoms with van der Waals surface area (Å²) in [6, 6.07) is 0.547. The van der Waals surface area contributed by atoms with Gasteiger partial charge in [-0.3, -0.25) is 9.89 Å². The van der Waals surface area contributed by atoms with Crippen molar-refractivity contribution < 1.29 is 4.42 Å². The topological polar surface area (TPSA) is 68.9 Å². The molecule has 0 atom stereocenters. The van der Waals surface area contributed by atoms with Crippen LogP contribution < -0.4 is 10.6 Å². The second-order valence-electron chi connectivity index (χ2n) is 9.30. The summed E-state index contributed by atoms with van der Waals surface area (Å²) in [5.41, 5.74) is 1.01. The van der Waals surface area contributed by atoms with E-state index in [-0.39, 0.29) is 24.0 Å². The third kappa shape index (κ3) is 8.82. The van der Waals surface area contributed by atoms with Crippen LogP contribution in [-0.2, 0) is 6.54 Å². The van der Waals surface area contributed by atoms with Gasteiger partial charge in [-0.1, -0.05) is 13.3 Å². The molecule has 1 aromatic heterocycles. The summed E-state index contributed by atoms with van der Waals surface area (Å²) < 4.78 is 5.75. The van der Waals surface area contributed by atoms with Gasteiger partial charge in [-0.15, -0.1) is 24.0 Å². The van der Waals surface area contributed by atoms with E-state index in [1.165, 1.54) is 58.2 Å². The van der Waals surface area contributed by atoms with Crippen LogP contribution >= 0.6 is 24.0 Å².